The third-order valence-electron chi connectivity index (χ3n) is 1.12. The van der Waals surface area contributed by atoms with Crippen molar-refractivity contribution in [3.63, 3.8) is 0 Å². The van der Waals surface area contributed by atoms with Gasteiger partial charge in [-0.1, -0.05) is 0 Å². The molecule has 8 nitrogen and oxygen atoms in total. The summed E-state index contributed by atoms with van der Waals surface area (Å²) in [7, 11) is 0. The average Bonchev–Trinajstić information content (AvgIpc) is 1.84. The van der Waals surface area contributed by atoms with E-state index in [1.165, 1.54) is 0 Å². The molecule has 0 bridgehead atoms. The Hall–Kier alpha value is -1.73. The number of nitrogens with zero attached hydrogens (tertiary/aromatic N) is 2. The molecule has 0 aliphatic carbocycles. The van der Waals surface area contributed by atoms with Crippen LogP contribution < -0.4 is 0 Å². The van der Waals surface area contributed by atoms with Gasteiger partial charge >= 0.3 is 11.6 Å². The lowest BCUT2D eigenvalue weighted by atomic mass is 10.2. The van der Waals surface area contributed by atoms with Crippen LogP contribution in [0.5, 0.6) is 0 Å². The van der Waals surface area contributed by atoms with E-state index in [0.29, 0.717) is 6.92 Å². The molecule has 0 aromatic carbocycles. The lowest BCUT2D eigenvalue weighted by Crippen LogP contribution is -2.50. The van der Waals surface area contributed by atoms with Gasteiger partial charge in [-0.15, -0.1) is 0 Å². The zero-order valence-corrected chi connectivity index (χ0v) is 5.38. The molecule has 0 rings (SSSR count). The number of carboxylic acids is 1. The number of carbonyl (C=O) groups is 1. The first-order valence-corrected chi connectivity index (χ1v) is 2.36. The highest BCUT2D eigenvalue weighted by Gasteiger charge is 2.59. The lowest BCUT2D eigenvalue weighted by Gasteiger charge is -2.05. The molecule has 0 spiro atoms. The van der Waals surface area contributed by atoms with Crippen molar-refractivity contribution in [2.24, 2.45) is 0 Å². The SMILES string of the molecule is CC(C(=O)O)([N+](=O)[O-])[N+](=O)[O-]. The molecular weight excluding hydrogens is 160 g/mol. The quantitative estimate of drug-likeness (QED) is 0.335. The smallest absolute Gasteiger partial charge is 0.470 e. The highest BCUT2D eigenvalue weighted by atomic mass is 16.7. The lowest BCUT2D eigenvalue weighted by molar-refractivity contribution is -0.773. The van der Waals surface area contributed by atoms with Crippen LogP contribution in [0.3, 0.4) is 0 Å². The van der Waals surface area contributed by atoms with E-state index in [2.05, 4.69) is 0 Å². The molecule has 0 amide bonds. The molecule has 0 unspecified atom stereocenters. The Balaban J connectivity index is 4.99. The average molecular weight is 164 g/mol. The van der Waals surface area contributed by atoms with Gasteiger partial charge in [-0.3, -0.25) is 20.2 Å². The summed E-state index contributed by atoms with van der Waals surface area (Å²) in [5.74, 6) is -2.09. The molecule has 11 heavy (non-hydrogen) atoms. The monoisotopic (exact) mass is 164 g/mol. The fourth-order valence-electron chi connectivity index (χ4n) is 0.223. The van der Waals surface area contributed by atoms with Gasteiger partial charge < -0.3 is 5.11 Å². The number of aliphatic carboxylic acids is 1. The number of nitro groups is 2. The van der Waals surface area contributed by atoms with Crippen LogP contribution in [-0.2, 0) is 4.79 Å². The third-order valence-corrected chi connectivity index (χ3v) is 1.12. The number of hydrogen-bond acceptors (Lipinski definition) is 5. The maximum atomic E-state index is 10.0. The zero-order valence-electron chi connectivity index (χ0n) is 5.38. The van der Waals surface area contributed by atoms with Gasteiger partial charge in [0.05, 0.1) is 6.92 Å². The molecule has 0 radical (unpaired) electrons. The maximum absolute atomic E-state index is 10.0. The highest BCUT2D eigenvalue weighted by molar-refractivity contribution is 5.74. The molecule has 0 saturated heterocycles. The van der Waals surface area contributed by atoms with E-state index in [9.17, 15) is 25.0 Å². The molecule has 0 aliphatic rings. The number of rotatable bonds is 3. The summed E-state index contributed by atoms with van der Waals surface area (Å²) in [6.07, 6.45) is 0. The van der Waals surface area contributed by atoms with Crippen LogP contribution in [0.2, 0.25) is 0 Å². The van der Waals surface area contributed by atoms with Gasteiger partial charge in [0.15, 0.2) is 0 Å². The van der Waals surface area contributed by atoms with Crippen LogP contribution in [0.1, 0.15) is 6.92 Å². The van der Waals surface area contributed by atoms with Crippen molar-refractivity contribution in [2.75, 3.05) is 0 Å². The van der Waals surface area contributed by atoms with E-state index in [4.69, 9.17) is 5.11 Å². The molecule has 1 N–H and O–H groups in total. The van der Waals surface area contributed by atoms with Crippen LogP contribution in [0.4, 0.5) is 0 Å². The Morgan fingerprint density at radius 3 is 1.64 bits per heavy atom. The van der Waals surface area contributed by atoms with Crippen molar-refractivity contribution < 1.29 is 19.7 Å². The summed E-state index contributed by atoms with van der Waals surface area (Å²) < 4.78 is 0. The Kier molecular flexibility index (Phi) is 2.09. The van der Waals surface area contributed by atoms with Crippen LogP contribution in [-0.4, -0.2) is 26.6 Å². The molecule has 0 aromatic heterocycles. The van der Waals surface area contributed by atoms with Gasteiger partial charge in [0.2, 0.25) is 0 Å². The standard InChI is InChI=1S/C3H4N2O6/c1-3(2(6)7,4(8)9)5(10)11/h1H3,(H,6,7). The Bertz CT molecular complexity index is 186. The topological polar surface area (TPSA) is 124 Å². The number of hydrogen-bond donors (Lipinski definition) is 1. The molecule has 8 heteroatoms. The van der Waals surface area contributed by atoms with Crippen molar-refractivity contribution in [1.82, 2.24) is 0 Å². The maximum Gasteiger partial charge on any atom is 0.549 e. The molecule has 0 aliphatic heterocycles. The van der Waals surface area contributed by atoms with Crippen molar-refractivity contribution >= 4 is 5.97 Å². The second-order valence-electron chi connectivity index (χ2n) is 1.84. The minimum absolute atomic E-state index is 0.412. The first kappa shape index (κ1) is 9.27. The zero-order chi connectivity index (χ0) is 9.23. The molecule has 0 saturated carbocycles. The first-order chi connectivity index (χ1) is 4.83. The van der Waals surface area contributed by atoms with Crippen molar-refractivity contribution in [2.45, 2.75) is 12.6 Å². The van der Waals surface area contributed by atoms with Crippen LogP contribution in [0.25, 0.3) is 0 Å². The van der Waals surface area contributed by atoms with Gasteiger partial charge in [-0.25, -0.2) is 4.79 Å². The summed E-state index contributed by atoms with van der Waals surface area (Å²) >= 11 is 0. The Morgan fingerprint density at radius 1 is 1.36 bits per heavy atom. The summed E-state index contributed by atoms with van der Waals surface area (Å²) in [6.45, 7) is 0.412. The summed E-state index contributed by atoms with van der Waals surface area (Å²) in [6, 6.07) is 0. The molecule has 0 fully saturated rings. The van der Waals surface area contributed by atoms with Crippen LogP contribution in [0, 0.1) is 20.2 Å². The van der Waals surface area contributed by atoms with E-state index >= 15 is 0 Å². The molecular formula is C3H4N2O6. The molecule has 62 valence electrons. The van der Waals surface area contributed by atoms with Crippen molar-refractivity contribution in [3.8, 4) is 0 Å². The van der Waals surface area contributed by atoms with Crippen molar-refractivity contribution in [3.05, 3.63) is 20.2 Å². The largest absolute Gasteiger partial charge is 0.549 e. The van der Waals surface area contributed by atoms with E-state index in [1.807, 2.05) is 0 Å². The molecule has 0 aromatic rings. The van der Waals surface area contributed by atoms with Crippen molar-refractivity contribution in [1.29, 1.82) is 0 Å². The number of carboxylic acid groups (broad SMARTS) is 1. The minimum Gasteiger partial charge on any atom is -0.470 e. The van der Waals surface area contributed by atoms with E-state index < -0.39 is 21.5 Å². The third kappa shape index (κ3) is 1.23. The fraction of sp³-hybridized carbons (Fsp3) is 0.667. The fourth-order valence-corrected chi connectivity index (χ4v) is 0.223. The van der Waals surface area contributed by atoms with Gasteiger partial charge in [0.1, 0.15) is 9.85 Å². The summed E-state index contributed by atoms with van der Waals surface area (Å²) in [5.41, 5.74) is -3.14. The molecule has 0 atom stereocenters. The Morgan fingerprint density at radius 2 is 1.64 bits per heavy atom. The minimum atomic E-state index is -3.14. The van der Waals surface area contributed by atoms with Gasteiger partial charge in [0, 0.05) is 0 Å². The van der Waals surface area contributed by atoms with Crippen LogP contribution >= 0.6 is 0 Å². The molecule has 0 heterocycles. The second-order valence-corrected chi connectivity index (χ2v) is 1.84. The Labute approximate surface area is 59.7 Å². The first-order valence-electron chi connectivity index (χ1n) is 2.36. The van der Waals surface area contributed by atoms with Gasteiger partial charge in [0.25, 0.3) is 0 Å². The van der Waals surface area contributed by atoms with E-state index in [-0.39, 0.29) is 0 Å². The normalized spacial score (nSPS) is 10.6. The summed E-state index contributed by atoms with van der Waals surface area (Å²) in [5, 5.41) is 27.9. The highest BCUT2D eigenvalue weighted by Crippen LogP contribution is 2.09. The predicted molar refractivity (Wildman–Crippen MR) is 30.0 cm³/mol. The van der Waals surface area contributed by atoms with E-state index in [0.717, 1.165) is 0 Å². The van der Waals surface area contributed by atoms with Gasteiger partial charge in [-0.2, -0.15) is 0 Å². The summed E-state index contributed by atoms with van der Waals surface area (Å²) in [4.78, 5) is 26.9. The van der Waals surface area contributed by atoms with Crippen LogP contribution in [0.15, 0.2) is 0 Å². The van der Waals surface area contributed by atoms with E-state index in [1.54, 1.807) is 0 Å². The van der Waals surface area contributed by atoms with Gasteiger partial charge in [-0.05, 0) is 0 Å². The second kappa shape index (κ2) is 2.48. The predicted octanol–water partition coefficient (Wildman–Crippen LogP) is -0.659.